The van der Waals surface area contributed by atoms with Crippen molar-refractivity contribution in [1.29, 1.82) is 0 Å². The molecule has 0 aliphatic carbocycles. The Morgan fingerprint density at radius 1 is 1.12 bits per heavy atom. The van der Waals surface area contributed by atoms with Gasteiger partial charge in [0.25, 0.3) is 0 Å². The first-order valence-corrected chi connectivity index (χ1v) is 8.22. The summed E-state index contributed by atoms with van der Waals surface area (Å²) in [5.74, 6) is 0.832. The highest BCUT2D eigenvalue weighted by molar-refractivity contribution is 6.02. The first-order valence-electron chi connectivity index (χ1n) is 8.22. The fourth-order valence-electron chi connectivity index (χ4n) is 4.01. The van der Waals surface area contributed by atoms with Crippen molar-refractivity contribution in [3.05, 3.63) is 59.7 Å². The monoisotopic (exact) mass is 322 g/mol. The molecule has 4 rings (SSSR count). The lowest BCUT2D eigenvalue weighted by Gasteiger charge is -2.40. The van der Waals surface area contributed by atoms with E-state index in [2.05, 4.69) is 61.3 Å². The molecule has 2 aliphatic rings. The highest BCUT2D eigenvalue weighted by Crippen LogP contribution is 2.55. The third kappa shape index (κ3) is 1.83. The van der Waals surface area contributed by atoms with E-state index in [1.54, 1.807) is 7.11 Å². The Labute approximate surface area is 142 Å². The van der Waals surface area contributed by atoms with Gasteiger partial charge in [-0.15, -0.1) is 0 Å². The van der Waals surface area contributed by atoms with E-state index in [0.29, 0.717) is 0 Å². The van der Waals surface area contributed by atoms with Gasteiger partial charge in [-0.3, -0.25) is 0 Å². The van der Waals surface area contributed by atoms with Gasteiger partial charge in [0, 0.05) is 18.3 Å². The predicted octanol–water partition coefficient (Wildman–Crippen LogP) is 3.94. The molecule has 0 amide bonds. The van der Waals surface area contributed by atoms with E-state index in [1.807, 2.05) is 18.2 Å². The number of ether oxygens (including phenoxy) is 1. The summed E-state index contributed by atoms with van der Waals surface area (Å²) in [4.78, 5) is 8.36. The minimum atomic E-state index is -0.491. The van der Waals surface area contributed by atoms with E-state index in [-0.39, 0.29) is 5.41 Å². The van der Waals surface area contributed by atoms with Gasteiger partial charge in [0.15, 0.2) is 0 Å². The van der Waals surface area contributed by atoms with E-state index in [1.165, 1.54) is 11.3 Å². The quantitative estimate of drug-likeness (QED) is 0.840. The highest BCUT2D eigenvalue weighted by Gasteiger charge is 2.61. The van der Waals surface area contributed by atoms with E-state index in [9.17, 15) is 0 Å². The average Bonchev–Trinajstić information content (AvgIpc) is 3.13. The summed E-state index contributed by atoms with van der Waals surface area (Å²) in [5.41, 5.74) is 3.87. The number of likely N-dealkylation sites (N-methyl/N-ethyl adjacent to an activating group) is 1. The number of benzene rings is 2. The number of hydrogen-bond donors (Lipinski definition) is 0. The van der Waals surface area contributed by atoms with Crippen LogP contribution in [0.1, 0.15) is 31.4 Å². The van der Waals surface area contributed by atoms with Gasteiger partial charge in [0.2, 0.25) is 5.72 Å². The number of methoxy groups -OCH3 is 1. The third-order valence-corrected chi connectivity index (χ3v) is 5.57. The number of oxime groups is 1. The van der Waals surface area contributed by atoms with Gasteiger partial charge < -0.3 is 14.5 Å². The molecule has 4 nitrogen and oxygen atoms in total. The van der Waals surface area contributed by atoms with Gasteiger partial charge >= 0.3 is 0 Å². The molecule has 2 heterocycles. The predicted molar refractivity (Wildman–Crippen MR) is 95.8 cm³/mol. The maximum absolute atomic E-state index is 6.13. The standard InChI is InChI=1S/C20H22N2O2/c1-19(2)16-10-5-6-11-18(16)22(3)20(19)13-17(21-24-20)14-8-7-9-15(12-14)23-4/h5-12H,13H2,1-4H3/t20-/m0/s1. The van der Waals surface area contributed by atoms with Gasteiger partial charge in [0.1, 0.15) is 5.75 Å². The first kappa shape index (κ1) is 15.1. The van der Waals surface area contributed by atoms with Gasteiger partial charge in [-0.25, -0.2) is 0 Å². The Balaban J connectivity index is 1.72. The summed E-state index contributed by atoms with van der Waals surface area (Å²) >= 11 is 0. The molecule has 24 heavy (non-hydrogen) atoms. The summed E-state index contributed by atoms with van der Waals surface area (Å²) < 4.78 is 5.34. The van der Waals surface area contributed by atoms with Crippen molar-refractivity contribution in [2.45, 2.75) is 31.4 Å². The van der Waals surface area contributed by atoms with Crippen LogP contribution in [0.5, 0.6) is 5.75 Å². The second-order valence-corrected chi connectivity index (χ2v) is 7.02. The Kier molecular flexibility index (Phi) is 3.14. The molecule has 124 valence electrons. The van der Waals surface area contributed by atoms with Gasteiger partial charge in [-0.05, 0) is 37.6 Å². The van der Waals surface area contributed by atoms with Gasteiger partial charge in [0.05, 0.1) is 24.7 Å². The average molecular weight is 322 g/mol. The van der Waals surface area contributed by atoms with Crippen LogP contribution in [0.15, 0.2) is 53.7 Å². The topological polar surface area (TPSA) is 34.1 Å². The number of fused-ring (bicyclic) bond motifs is 1. The summed E-state index contributed by atoms with van der Waals surface area (Å²) in [5, 5.41) is 4.47. The van der Waals surface area contributed by atoms with Gasteiger partial charge in [-0.1, -0.05) is 35.5 Å². The molecule has 0 unspecified atom stereocenters. The van der Waals surface area contributed by atoms with E-state index in [4.69, 9.17) is 9.57 Å². The Bertz CT molecular complexity index is 828. The van der Waals surface area contributed by atoms with Crippen LogP contribution in [0.2, 0.25) is 0 Å². The molecule has 0 N–H and O–H groups in total. The van der Waals surface area contributed by atoms with Crippen molar-refractivity contribution in [3.63, 3.8) is 0 Å². The zero-order chi connectivity index (χ0) is 16.9. The first-order chi connectivity index (χ1) is 11.5. The lowest BCUT2D eigenvalue weighted by atomic mass is 9.75. The largest absolute Gasteiger partial charge is 0.497 e. The summed E-state index contributed by atoms with van der Waals surface area (Å²) in [7, 11) is 3.77. The Morgan fingerprint density at radius 2 is 1.92 bits per heavy atom. The van der Waals surface area contributed by atoms with Crippen molar-refractivity contribution in [2.24, 2.45) is 5.16 Å². The molecule has 0 aromatic heterocycles. The van der Waals surface area contributed by atoms with Crippen LogP contribution >= 0.6 is 0 Å². The van der Waals surface area contributed by atoms with Crippen molar-refractivity contribution in [1.82, 2.24) is 0 Å². The molecule has 0 radical (unpaired) electrons. The Morgan fingerprint density at radius 3 is 2.67 bits per heavy atom. The summed E-state index contributed by atoms with van der Waals surface area (Å²) in [6.07, 6.45) is 0.734. The van der Waals surface area contributed by atoms with E-state index < -0.39 is 5.72 Å². The molecule has 2 aliphatic heterocycles. The highest BCUT2D eigenvalue weighted by atomic mass is 16.7. The molecule has 0 saturated heterocycles. The number of anilines is 1. The SMILES string of the molecule is COc1cccc(C2=NO[C@]3(C2)N(C)c2ccccc2C3(C)C)c1. The van der Waals surface area contributed by atoms with Crippen molar-refractivity contribution >= 4 is 11.4 Å². The van der Waals surface area contributed by atoms with Crippen LogP contribution in [0.4, 0.5) is 5.69 Å². The van der Waals surface area contributed by atoms with Crippen LogP contribution in [0, 0.1) is 0 Å². The molecule has 1 atom stereocenters. The number of nitrogens with zero attached hydrogens (tertiary/aromatic N) is 2. The smallest absolute Gasteiger partial charge is 0.224 e. The molecule has 0 fully saturated rings. The van der Waals surface area contributed by atoms with Crippen LogP contribution < -0.4 is 9.64 Å². The van der Waals surface area contributed by atoms with E-state index in [0.717, 1.165) is 23.4 Å². The van der Waals surface area contributed by atoms with Gasteiger partial charge in [-0.2, -0.15) is 0 Å². The normalized spacial score (nSPS) is 23.8. The minimum Gasteiger partial charge on any atom is -0.497 e. The molecule has 0 saturated carbocycles. The number of rotatable bonds is 2. The summed E-state index contributed by atoms with van der Waals surface area (Å²) in [6, 6.07) is 16.5. The van der Waals surface area contributed by atoms with Crippen molar-refractivity contribution < 1.29 is 9.57 Å². The molecule has 4 heteroatoms. The number of para-hydroxylation sites is 1. The zero-order valence-corrected chi connectivity index (χ0v) is 14.5. The van der Waals surface area contributed by atoms with Crippen LogP contribution in [-0.2, 0) is 10.3 Å². The number of hydrogen-bond acceptors (Lipinski definition) is 4. The second-order valence-electron chi connectivity index (χ2n) is 7.02. The molecule has 0 bridgehead atoms. The minimum absolute atomic E-state index is 0.164. The molecule has 2 aromatic carbocycles. The molecular weight excluding hydrogens is 300 g/mol. The fourth-order valence-corrected chi connectivity index (χ4v) is 4.01. The zero-order valence-electron chi connectivity index (χ0n) is 14.5. The van der Waals surface area contributed by atoms with Crippen LogP contribution in [0.25, 0.3) is 0 Å². The fraction of sp³-hybridized carbons (Fsp3) is 0.350. The lowest BCUT2D eigenvalue weighted by molar-refractivity contribution is -0.0591. The maximum Gasteiger partial charge on any atom is 0.224 e. The third-order valence-electron chi connectivity index (χ3n) is 5.57. The van der Waals surface area contributed by atoms with Crippen molar-refractivity contribution in [3.8, 4) is 5.75 Å². The van der Waals surface area contributed by atoms with E-state index >= 15 is 0 Å². The van der Waals surface area contributed by atoms with Crippen LogP contribution in [0.3, 0.4) is 0 Å². The maximum atomic E-state index is 6.13. The molecular formula is C20H22N2O2. The van der Waals surface area contributed by atoms with Crippen molar-refractivity contribution in [2.75, 3.05) is 19.1 Å². The summed E-state index contributed by atoms with van der Waals surface area (Å²) in [6.45, 7) is 4.47. The molecule has 1 spiro atoms. The lowest BCUT2D eigenvalue weighted by Crippen LogP contribution is -2.54. The Hall–Kier alpha value is -2.49. The molecule has 2 aromatic rings. The van der Waals surface area contributed by atoms with Crippen LogP contribution in [-0.4, -0.2) is 25.6 Å². The second kappa shape index (κ2) is 5.00.